The van der Waals surface area contributed by atoms with Gasteiger partial charge in [0.2, 0.25) is 0 Å². The van der Waals surface area contributed by atoms with E-state index in [1.807, 2.05) is 24.3 Å². The van der Waals surface area contributed by atoms with Crippen LogP contribution in [0.5, 0.6) is 0 Å². The lowest BCUT2D eigenvalue weighted by Gasteiger charge is -2.05. The maximum absolute atomic E-state index is 11.9. The van der Waals surface area contributed by atoms with Crippen molar-refractivity contribution in [3.05, 3.63) is 51.2 Å². The molecule has 2 nitrogen and oxygen atoms in total. The fourth-order valence-corrected chi connectivity index (χ4v) is 2.58. The van der Waals surface area contributed by atoms with E-state index >= 15 is 0 Å². The monoisotopic (exact) mass is 285 g/mol. The van der Waals surface area contributed by atoms with Crippen molar-refractivity contribution in [1.82, 2.24) is 0 Å². The molecule has 2 aromatic rings. The highest BCUT2D eigenvalue weighted by molar-refractivity contribution is 7.12. The Bertz CT molecular complexity index is 539. The van der Waals surface area contributed by atoms with Crippen LogP contribution in [0, 0.1) is 0 Å². The third-order valence-corrected chi connectivity index (χ3v) is 3.81. The van der Waals surface area contributed by atoms with Crippen LogP contribution in [-0.4, -0.2) is 5.91 Å². The van der Waals surface area contributed by atoms with Crippen molar-refractivity contribution in [2.75, 3.05) is 5.32 Å². The average Bonchev–Trinajstić information content (AvgIpc) is 2.76. The third-order valence-electron chi connectivity index (χ3n) is 2.16. The van der Waals surface area contributed by atoms with Crippen molar-refractivity contribution in [2.24, 2.45) is 0 Å². The van der Waals surface area contributed by atoms with E-state index in [1.165, 1.54) is 11.3 Å². The van der Waals surface area contributed by atoms with Crippen LogP contribution >= 0.6 is 34.5 Å². The summed E-state index contributed by atoms with van der Waals surface area (Å²) in [5.74, 6) is 0.223. The van der Waals surface area contributed by atoms with Gasteiger partial charge in [-0.25, -0.2) is 0 Å². The number of hydrogen-bond donors (Lipinski definition) is 1. The molecule has 0 atom stereocenters. The van der Waals surface area contributed by atoms with Gasteiger partial charge in [0.1, 0.15) is 4.88 Å². The normalized spacial score (nSPS) is 10.2. The van der Waals surface area contributed by atoms with Gasteiger partial charge in [0, 0.05) is 11.6 Å². The van der Waals surface area contributed by atoms with Gasteiger partial charge in [-0.1, -0.05) is 23.7 Å². The molecule has 1 heterocycles. The molecule has 0 aliphatic rings. The van der Waals surface area contributed by atoms with Crippen molar-refractivity contribution in [1.29, 1.82) is 0 Å². The zero-order valence-electron chi connectivity index (χ0n) is 8.74. The molecule has 1 amide bonds. The first-order chi connectivity index (χ1) is 8.20. The molecule has 0 bridgehead atoms. The largest absolute Gasteiger partial charge is 0.321 e. The smallest absolute Gasteiger partial charge is 0.267 e. The van der Waals surface area contributed by atoms with Crippen molar-refractivity contribution < 1.29 is 4.79 Å². The summed E-state index contributed by atoms with van der Waals surface area (Å²) in [6.07, 6.45) is 0. The predicted molar refractivity (Wildman–Crippen MR) is 73.3 cm³/mol. The Hall–Kier alpha value is -1.03. The Balaban J connectivity index is 2.16. The number of thiophene rings is 1. The number of benzene rings is 1. The number of halogens is 2. The lowest BCUT2D eigenvalue weighted by atomic mass is 10.2. The molecule has 0 saturated heterocycles. The highest BCUT2D eigenvalue weighted by Gasteiger charge is 2.11. The van der Waals surface area contributed by atoms with E-state index in [0.29, 0.717) is 15.8 Å². The summed E-state index contributed by atoms with van der Waals surface area (Å²) in [5.41, 5.74) is 1.68. The number of carbonyl (C=O) groups is 1. The molecule has 88 valence electrons. The number of rotatable bonds is 3. The Morgan fingerprint density at radius 1 is 1.35 bits per heavy atom. The van der Waals surface area contributed by atoms with Crippen LogP contribution in [0.15, 0.2) is 35.7 Å². The number of alkyl halides is 1. The van der Waals surface area contributed by atoms with Crippen LogP contribution in [0.3, 0.4) is 0 Å². The third kappa shape index (κ3) is 3.00. The van der Waals surface area contributed by atoms with Gasteiger partial charge in [0.05, 0.1) is 5.02 Å². The van der Waals surface area contributed by atoms with Gasteiger partial charge >= 0.3 is 0 Å². The maximum atomic E-state index is 11.9. The van der Waals surface area contributed by atoms with Gasteiger partial charge in [-0.3, -0.25) is 4.79 Å². The molecule has 0 saturated carbocycles. The fourth-order valence-electron chi connectivity index (χ4n) is 1.38. The van der Waals surface area contributed by atoms with Gasteiger partial charge in [0.25, 0.3) is 5.91 Å². The standard InChI is InChI=1S/C12H9Cl2NOS/c13-7-8-2-1-3-9(6-8)15-12(16)11-10(14)4-5-17-11/h1-6H,7H2,(H,15,16). The maximum Gasteiger partial charge on any atom is 0.267 e. The Morgan fingerprint density at radius 3 is 2.82 bits per heavy atom. The summed E-state index contributed by atoms with van der Waals surface area (Å²) < 4.78 is 0. The Kier molecular flexibility index (Phi) is 4.05. The minimum atomic E-state index is -0.197. The molecule has 1 aromatic heterocycles. The van der Waals surface area contributed by atoms with E-state index in [9.17, 15) is 4.79 Å². The molecule has 17 heavy (non-hydrogen) atoms. The molecule has 0 radical (unpaired) electrons. The molecule has 0 aliphatic heterocycles. The molecule has 0 unspecified atom stereocenters. The van der Waals surface area contributed by atoms with Gasteiger partial charge in [-0.2, -0.15) is 0 Å². The lowest BCUT2D eigenvalue weighted by molar-refractivity contribution is 0.103. The number of anilines is 1. The highest BCUT2D eigenvalue weighted by atomic mass is 35.5. The first kappa shape index (κ1) is 12.4. The summed E-state index contributed by atoms with van der Waals surface area (Å²) in [6, 6.07) is 9.11. The first-order valence-electron chi connectivity index (χ1n) is 4.90. The van der Waals surface area contributed by atoms with Gasteiger partial charge in [-0.05, 0) is 29.1 Å². The number of nitrogens with one attached hydrogen (secondary N) is 1. The van der Waals surface area contributed by atoms with Crippen LogP contribution in [0.4, 0.5) is 5.69 Å². The minimum Gasteiger partial charge on any atom is -0.321 e. The zero-order chi connectivity index (χ0) is 12.3. The summed E-state index contributed by atoms with van der Waals surface area (Å²) in [6.45, 7) is 0. The van der Waals surface area contributed by atoms with E-state index in [4.69, 9.17) is 23.2 Å². The second kappa shape index (κ2) is 5.54. The molecule has 1 aromatic carbocycles. The minimum absolute atomic E-state index is 0.197. The van der Waals surface area contributed by atoms with Crippen LogP contribution in [0.2, 0.25) is 5.02 Å². The quantitative estimate of drug-likeness (QED) is 0.833. The highest BCUT2D eigenvalue weighted by Crippen LogP contribution is 2.23. The summed E-state index contributed by atoms with van der Waals surface area (Å²) in [4.78, 5) is 12.4. The predicted octanol–water partition coefficient (Wildman–Crippen LogP) is 4.39. The lowest BCUT2D eigenvalue weighted by Crippen LogP contribution is -2.10. The Morgan fingerprint density at radius 2 is 2.18 bits per heavy atom. The second-order valence-electron chi connectivity index (χ2n) is 3.39. The summed E-state index contributed by atoms with van der Waals surface area (Å²) >= 11 is 12.9. The van der Waals surface area contributed by atoms with Crippen LogP contribution in [0.1, 0.15) is 15.2 Å². The number of amides is 1. The Labute approximate surface area is 113 Å². The van der Waals surface area contributed by atoms with Crippen LogP contribution < -0.4 is 5.32 Å². The van der Waals surface area contributed by atoms with Crippen molar-refractivity contribution in [3.8, 4) is 0 Å². The molecule has 2 rings (SSSR count). The van der Waals surface area contributed by atoms with E-state index in [0.717, 1.165) is 11.3 Å². The summed E-state index contributed by atoms with van der Waals surface area (Å²) in [7, 11) is 0. The average molecular weight is 286 g/mol. The molecular weight excluding hydrogens is 277 g/mol. The fraction of sp³-hybridized carbons (Fsp3) is 0.0833. The van der Waals surface area contributed by atoms with E-state index in [2.05, 4.69) is 5.32 Å². The zero-order valence-corrected chi connectivity index (χ0v) is 11.1. The number of hydrogen-bond acceptors (Lipinski definition) is 2. The molecule has 0 aliphatic carbocycles. The van der Waals surface area contributed by atoms with Gasteiger partial charge < -0.3 is 5.32 Å². The summed E-state index contributed by atoms with van der Waals surface area (Å²) in [5, 5.41) is 5.05. The van der Waals surface area contributed by atoms with Gasteiger partial charge in [-0.15, -0.1) is 22.9 Å². The van der Waals surface area contributed by atoms with Gasteiger partial charge in [0.15, 0.2) is 0 Å². The topological polar surface area (TPSA) is 29.1 Å². The first-order valence-corrected chi connectivity index (χ1v) is 6.69. The molecule has 5 heteroatoms. The van der Waals surface area contributed by atoms with E-state index in [1.54, 1.807) is 11.4 Å². The molecule has 0 fully saturated rings. The molecule has 1 N–H and O–H groups in total. The number of carbonyl (C=O) groups excluding carboxylic acids is 1. The van der Waals surface area contributed by atoms with Crippen molar-refractivity contribution in [3.63, 3.8) is 0 Å². The van der Waals surface area contributed by atoms with E-state index in [-0.39, 0.29) is 5.91 Å². The molecular formula is C12H9Cl2NOS. The van der Waals surface area contributed by atoms with Crippen LogP contribution in [-0.2, 0) is 5.88 Å². The molecule has 0 spiro atoms. The van der Waals surface area contributed by atoms with Crippen LogP contribution in [0.25, 0.3) is 0 Å². The van der Waals surface area contributed by atoms with Crippen molar-refractivity contribution in [2.45, 2.75) is 5.88 Å². The SMILES string of the molecule is O=C(Nc1cccc(CCl)c1)c1sccc1Cl. The van der Waals surface area contributed by atoms with Crippen molar-refractivity contribution >= 4 is 46.1 Å². The second-order valence-corrected chi connectivity index (χ2v) is 4.98. The van der Waals surface area contributed by atoms with E-state index < -0.39 is 0 Å².